The molecule has 0 radical (unpaired) electrons. The van der Waals surface area contributed by atoms with Crippen LogP contribution in [0.1, 0.15) is 29.5 Å². The highest BCUT2D eigenvalue weighted by Crippen LogP contribution is 2.22. The Kier molecular flexibility index (Phi) is 4.26. The molecule has 1 aliphatic heterocycles. The number of aryl methyl sites for hydroxylation is 1. The van der Waals surface area contributed by atoms with Crippen LogP contribution in [0.15, 0.2) is 16.3 Å². The van der Waals surface area contributed by atoms with Crippen molar-refractivity contribution in [2.45, 2.75) is 25.8 Å². The summed E-state index contributed by atoms with van der Waals surface area (Å²) < 4.78 is 10.2. The minimum Gasteiger partial charge on any atom is -0.377 e. The SMILES string of the molecule is CCc1nc(CC(=O)N2CCOCC2c2ncon2)cs1. The first kappa shape index (κ1) is 14.2. The summed E-state index contributed by atoms with van der Waals surface area (Å²) in [7, 11) is 0. The number of carbonyl (C=O) groups is 1. The summed E-state index contributed by atoms with van der Waals surface area (Å²) in [6.45, 7) is 3.50. The molecule has 1 unspecified atom stereocenters. The van der Waals surface area contributed by atoms with E-state index in [4.69, 9.17) is 9.26 Å². The van der Waals surface area contributed by atoms with Gasteiger partial charge in [-0.2, -0.15) is 4.98 Å². The van der Waals surface area contributed by atoms with Crippen LogP contribution in [0.4, 0.5) is 0 Å². The molecule has 0 bridgehead atoms. The molecule has 1 atom stereocenters. The highest BCUT2D eigenvalue weighted by molar-refractivity contribution is 7.09. The van der Waals surface area contributed by atoms with Crippen molar-refractivity contribution in [1.29, 1.82) is 0 Å². The van der Waals surface area contributed by atoms with Gasteiger partial charge in [0.15, 0.2) is 5.82 Å². The molecule has 1 saturated heterocycles. The van der Waals surface area contributed by atoms with Gasteiger partial charge in [-0.05, 0) is 6.42 Å². The monoisotopic (exact) mass is 308 g/mol. The number of carbonyl (C=O) groups excluding carboxylic acids is 1. The van der Waals surface area contributed by atoms with Gasteiger partial charge in [0.2, 0.25) is 12.3 Å². The van der Waals surface area contributed by atoms with Gasteiger partial charge in [0.25, 0.3) is 0 Å². The molecule has 0 saturated carbocycles. The molecule has 8 heteroatoms. The summed E-state index contributed by atoms with van der Waals surface area (Å²) >= 11 is 1.59. The second-order valence-electron chi connectivity index (χ2n) is 4.73. The van der Waals surface area contributed by atoms with Crippen LogP contribution in [0.5, 0.6) is 0 Å². The lowest BCUT2D eigenvalue weighted by molar-refractivity contribution is -0.139. The summed E-state index contributed by atoms with van der Waals surface area (Å²) in [6, 6.07) is -0.283. The predicted octanol–water partition coefficient (Wildman–Crippen LogP) is 1.23. The van der Waals surface area contributed by atoms with E-state index in [0.29, 0.717) is 32.0 Å². The molecule has 0 aromatic carbocycles. The molecule has 0 spiro atoms. The van der Waals surface area contributed by atoms with Gasteiger partial charge in [-0.25, -0.2) is 4.98 Å². The van der Waals surface area contributed by atoms with Gasteiger partial charge < -0.3 is 14.2 Å². The van der Waals surface area contributed by atoms with E-state index in [1.165, 1.54) is 6.39 Å². The number of nitrogens with zero attached hydrogens (tertiary/aromatic N) is 4. The van der Waals surface area contributed by atoms with Crippen LogP contribution in [0.3, 0.4) is 0 Å². The topological polar surface area (TPSA) is 81.4 Å². The zero-order chi connectivity index (χ0) is 14.7. The van der Waals surface area contributed by atoms with E-state index in [1.54, 1.807) is 16.2 Å². The summed E-state index contributed by atoms with van der Waals surface area (Å²) in [6.07, 6.45) is 2.45. The number of morpholine rings is 1. The van der Waals surface area contributed by atoms with E-state index >= 15 is 0 Å². The van der Waals surface area contributed by atoms with E-state index in [-0.39, 0.29) is 11.9 Å². The van der Waals surface area contributed by atoms with Crippen LogP contribution in [-0.4, -0.2) is 45.7 Å². The molecule has 1 amide bonds. The Labute approximate surface area is 125 Å². The molecule has 2 aromatic heterocycles. The molecule has 1 aliphatic rings. The Hall–Kier alpha value is -1.80. The fourth-order valence-electron chi connectivity index (χ4n) is 2.29. The van der Waals surface area contributed by atoms with E-state index < -0.39 is 0 Å². The lowest BCUT2D eigenvalue weighted by Crippen LogP contribution is -2.44. The standard InChI is InChI=1S/C13H16N4O3S/c1-2-11-15-9(7-21-11)5-12(18)17-3-4-19-6-10(17)13-14-8-20-16-13/h7-8,10H,2-6H2,1H3. The number of aromatic nitrogens is 3. The molecule has 0 N–H and O–H groups in total. The summed E-state index contributed by atoms with van der Waals surface area (Å²) in [5.74, 6) is 0.497. The van der Waals surface area contributed by atoms with Crippen molar-refractivity contribution >= 4 is 17.2 Å². The highest BCUT2D eigenvalue weighted by Gasteiger charge is 2.31. The number of hydrogen-bond donors (Lipinski definition) is 0. The quantitative estimate of drug-likeness (QED) is 0.845. The molecule has 0 aliphatic carbocycles. The summed E-state index contributed by atoms with van der Waals surface area (Å²) in [4.78, 5) is 22.7. The van der Waals surface area contributed by atoms with Crippen LogP contribution >= 0.6 is 11.3 Å². The number of rotatable bonds is 4. The zero-order valence-electron chi connectivity index (χ0n) is 11.7. The molecule has 2 aromatic rings. The van der Waals surface area contributed by atoms with Crippen molar-refractivity contribution in [3.05, 3.63) is 28.3 Å². The normalized spacial score (nSPS) is 18.9. The van der Waals surface area contributed by atoms with Crippen molar-refractivity contribution in [3.63, 3.8) is 0 Å². The minimum atomic E-state index is -0.283. The minimum absolute atomic E-state index is 0.0149. The second-order valence-corrected chi connectivity index (χ2v) is 5.67. The third-order valence-corrected chi connectivity index (χ3v) is 4.40. The van der Waals surface area contributed by atoms with E-state index in [2.05, 4.69) is 22.0 Å². The number of thiazole rings is 1. The van der Waals surface area contributed by atoms with Crippen LogP contribution in [0, 0.1) is 0 Å². The average molecular weight is 308 g/mol. The van der Waals surface area contributed by atoms with Crippen molar-refractivity contribution in [2.24, 2.45) is 0 Å². The fraction of sp³-hybridized carbons (Fsp3) is 0.538. The largest absolute Gasteiger partial charge is 0.377 e. The number of amides is 1. The maximum absolute atomic E-state index is 12.5. The van der Waals surface area contributed by atoms with Crippen molar-refractivity contribution < 1.29 is 14.1 Å². The van der Waals surface area contributed by atoms with E-state index in [0.717, 1.165) is 17.1 Å². The molecule has 21 heavy (non-hydrogen) atoms. The lowest BCUT2D eigenvalue weighted by Gasteiger charge is -2.33. The van der Waals surface area contributed by atoms with Crippen LogP contribution in [0.2, 0.25) is 0 Å². The number of hydrogen-bond acceptors (Lipinski definition) is 7. The van der Waals surface area contributed by atoms with Gasteiger partial charge in [-0.1, -0.05) is 12.1 Å². The third-order valence-electron chi connectivity index (χ3n) is 3.36. The van der Waals surface area contributed by atoms with Crippen LogP contribution in [-0.2, 0) is 22.4 Å². The first-order chi connectivity index (χ1) is 10.3. The molecule has 1 fully saturated rings. The number of ether oxygens (including phenoxy) is 1. The van der Waals surface area contributed by atoms with Crippen molar-refractivity contribution in [2.75, 3.05) is 19.8 Å². The smallest absolute Gasteiger partial charge is 0.229 e. The second kappa shape index (κ2) is 6.31. The maximum atomic E-state index is 12.5. The van der Waals surface area contributed by atoms with Gasteiger partial charge in [0.1, 0.15) is 6.04 Å². The fourth-order valence-corrected chi connectivity index (χ4v) is 3.04. The van der Waals surface area contributed by atoms with E-state index in [9.17, 15) is 4.79 Å². The molecule has 3 heterocycles. The molecular weight excluding hydrogens is 292 g/mol. The Bertz CT molecular complexity index is 598. The van der Waals surface area contributed by atoms with Gasteiger partial charge in [-0.3, -0.25) is 4.79 Å². The molecular formula is C13H16N4O3S. The Morgan fingerprint density at radius 3 is 3.19 bits per heavy atom. The third kappa shape index (κ3) is 3.11. The first-order valence-corrected chi connectivity index (χ1v) is 7.72. The maximum Gasteiger partial charge on any atom is 0.229 e. The molecule has 7 nitrogen and oxygen atoms in total. The molecule has 3 rings (SSSR count). The average Bonchev–Trinajstić information content (AvgIpc) is 3.18. The zero-order valence-corrected chi connectivity index (χ0v) is 12.5. The Balaban J connectivity index is 1.72. The first-order valence-electron chi connectivity index (χ1n) is 6.84. The van der Waals surface area contributed by atoms with Crippen molar-refractivity contribution in [3.8, 4) is 0 Å². The Morgan fingerprint density at radius 2 is 2.48 bits per heavy atom. The van der Waals surface area contributed by atoms with Gasteiger partial charge in [0, 0.05) is 11.9 Å². The van der Waals surface area contributed by atoms with E-state index in [1.807, 2.05) is 5.38 Å². The lowest BCUT2D eigenvalue weighted by atomic mass is 10.2. The van der Waals surface area contributed by atoms with Crippen molar-refractivity contribution in [1.82, 2.24) is 20.0 Å². The summed E-state index contributed by atoms with van der Waals surface area (Å²) in [5.41, 5.74) is 0.820. The van der Waals surface area contributed by atoms with Crippen LogP contribution < -0.4 is 0 Å². The van der Waals surface area contributed by atoms with Gasteiger partial charge >= 0.3 is 0 Å². The highest BCUT2D eigenvalue weighted by atomic mass is 32.1. The van der Waals surface area contributed by atoms with Crippen LogP contribution in [0.25, 0.3) is 0 Å². The molecule has 112 valence electrons. The van der Waals surface area contributed by atoms with Gasteiger partial charge in [-0.15, -0.1) is 11.3 Å². The van der Waals surface area contributed by atoms with Gasteiger partial charge in [0.05, 0.1) is 30.3 Å². The predicted molar refractivity (Wildman–Crippen MR) is 74.8 cm³/mol. The Morgan fingerprint density at radius 1 is 1.57 bits per heavy atom. The summed E-state index contributed by atoms with van der Waals surface area (Å²) in [5, 5.41) is 6.82.